The highest BCUT2D eigenvalue weighted by atomic mass is 35.5. The van der Waals surface area contributed by atoms with Crippen LogP contribution in [0, 0.1) is 11.6 Å². The molecule has 0 aliphatic carbocycles. The van der Waals surface area contributed by atoms with Crippen LogP contribution in [0.15, 0.2) is 42.5 Å². The van der Waals surface area contributed by atoms with E-state index in [0.717, 1.165) is 31.6 Å². The number of amides is 1. The van der Waals surface area contributed by atoms with E-state index >= 15 is 0 Å². The molecule has 2 aromatic carbocycles. The highest BCUT2D eigenvalue weighted by Gasteiger charge is 2.33. The molecule has 0 aromatic heterocycles. The van der Waals surface area contributed by atoms with E-state index in [1.54, 1.807) is 17.0 Å². The van der Waals surface area contributed by atoms with E-state index in [-0.39, 0.29) is 11.9 Å². The highest BCUT2D eigenvalue weighted by molar-refractivity contribution is 6.33. The fraction of sp³-hybridized carbons (Fsp3) is 0.381. The van der Waals surface area contributed by atoms with Crippen molar-refractivity contribution in [3.8, 4) is 0 Å². The molecule has 0 spiro atoms. The van der Waals surface area contributed by atoms with Crippen molar-refractivity contribution in [3.63, 3.8) is 0 Å². The summed E-state index contributed by atoms with van der Waals surface area (Å²) in [4.78, 5) is 16.2. The Labute approximate surface area is 168 Å². The van der Waals surface area contributed by atoms with E-state index in [4.69, 9.17) is 11.6 Å². The summed E-state index contributed by atoms with van der Waals surface area (Å²) in [5.74, 6) is -1.57. The third kappa shape index (κ3) is 3.98. The smallest absolute Gasteiger partial charge is 0.228 e. The molecule has 148 valence electrons. The summed E-state index contributed by atoms with van der Waals surface area (Å²) in [5.41, 5.74) is 1.46. The molecule has 2 aliphatic heterocycles. The Morgan fingerprint density at radius 3 is 2.46 bits per heavy atom. The van der Waals surface area contributed by atoms with Crippen molar-refractivity contribution in [3.05, 3.63) is 59.1 Å². The third-order valence-corrected chi connectivity index (χ3v) is 5.82. The van der Waals surface area contributed by atoms with Gasteiger partial charge in [-0.15, -0.1) is 0 Å². The second-order valence-electron chi connectivity index (χ2n) is 7.38. The van der Waals surface area contributed by atoms with Gasteiger partial charge in [-0.2, -0.15) is 0 Å². The van der Waals surface area contributed by atoms with E-state index in [1.165, 1.54) is 12.1 Å². The average Bonchev–Trinajstić information content (AvgIpc) is 3.05. The van der Waals surface area contributed by atoms with Gasteiger partial charge in [-0.1, -0.05) is 23.7 Å². The van der Waals surface area contributed by atoms with Crippen molar-refractivity contribution in [1.29, 1.82) is 0 Å². The first kappa shape index (κ1) is 19.2. The maximum Gasteiger partial charge on any atom is 0.228 e. The van der Waals surface area contributed by atoms with Gasteiger partial charge in [-0.25, -0.2) is 8.78 Å². The normalized spacial score (nSPS) is 20.8. The molecule has 0 bridgehead atoms. The number of benzene rings is 2. The molecule has 0 radical (unpaired) electrons. The van der Waals surface area contributed by atoms with Gasteiger partial charge in [-0.3, -0.25) is 4.79 Å². The van der Waals surface area contributed by atoms with Gasteiger partial charge < -0.3 is 15.1 Å². The van der Waals surface area contributed by atoms with Gasteiger partial charge in [0.05, 0.1) is 10.7 Å². The molecule has 2 saturated heterocycles. The van der Waals surface area contributed by atoms with E-state index in [9.17, 15) is 13.6 Å². The summed E-state index contributed by atoms with van der Waals surface area (Å²) < 4.78 is 26.6. The molecule has 4 rings (SSSR count). The van der Waals surface area contributed by atoms with E-state index in [0.29, 0.717) is 29.7 Å². The zero-order valence-corrected chi connectivity index (χ0v) is 16.1. The van der Waals surface area contributed by atoms with Crippen LogP contribution in [0.5, 0.6) is 0 Å². The predicted molar refractivity (Wildman–Crippen MR) is 107 cm³/mol. The summed E-state index contributed by atoms with van der Waals surface area (Å²) in [6.45, 7) is 2.13. The molecule has 1 atom stereocenters. The Balaban J connectivity index is 1.32. The van der Waals surface area contributed by atoms with Gasteiger partial charge in [0.25, 0.3) is 0 Å². The SMILES string of the molecule is O=C1CC(NC2CCN(c3ccc(F)c(F)c3)CC2)CN1c1ccccc1Cl. The van der Waals surface area contributed by atoms with Crippen molar-refractivity contribution < 1.29 is 13.6 Å². The Morgan fingerprint density at radius 1 is 1.00 bits per heavy atom. The first-order chi connectivity index (χ1) is 13.5. The molecule has 7 heteroatoms. The monoisotopic (exact) mass is 405 g/mol. The van der Waals surface area contributed by atoms with Crippen molar-refractivity contribution in [1.82, 2.24) is 5.32 Å². The summed E-state index contributed by atoms with van der Waals surface area (Å²) in [6.07, 6.45) is 2.22. The summed E-state index contributed by atoms with van der Waals surface area (Å²) >= 11 is 6.23. The van der Waals surface area contributed by atoms with E-state index < -0.39 is 11.6 Å². The fourth-order valence-corrected chi connectivity index (χ4v) is 4.28. The number of carbonyl (C=O) groups is 1. The zero-order chi connectivity index (χ0) is 19.7. The number of piperidine rings is 1. The lowest BCUT2D eigenvalue weighted by atomic mass is 10.0. The molecule has 2 aromatic rings. The van der Waals surface area contributed by atoms with Crippen LogP contribution in [0.25, 0.3) is 0 Å². The zero-order valence-electron chi connectivity index (χ0n) is 15.4. The first-order valence-electron chi connectivity index (χ1n) is 9.52. The van der Waals surface area contributed by atoms with Crippen LogP contribution < -0.4 is 15.1 Å². The number of nitrogens with zero attached hydrogens (tertiary/aromatic N) is 2. The van der Waals surface area contributed by atoms with Crippen molar-refractivity contribution >= 4 is 28.9 Å². The predicted octanol–water partition coefficient (Wildman–Crippen LogP) is 3.98. The topological polar surface area (TPSA) is 35.6 Å². The van der Waals surface area contributed by atoms with Crippen molar-refractivity contribution in [2.24, 2.45) is 0 Å². The summed E-state index contributed by atoms with van der Waals surface area (Å²) in [7, 11) is 0. The Hall–Kier alpha value is -2.18. The fourth-order valence-electron chi connectivity index (χ4n) is 4.04. The van der Waals surface area contributed by atoms with Gasteiger partial charge in [0.15, 0.2) is 11.6 Å². The standard InChI is InChI=1S/C21H22ClF2N3O/c22-17-3-1-2-4-20(17)27-13-15(11-21(27)28)25-14-7-9-26(10-8-14)16-5-6-18(23)19(24)12-16/h1-6,12,14-15,25H,7-11,13H2. The molecule has 28 heavy (non-hydrogen) atoms. The van der Waals surface area contributed by atoms with Gasteiger partial charge in [0.2, 0.25) is 5.91 Å². The van der Waals surface area contributed by atoms with Crippen LogP contribution in [-0.4, -0.2) is 37.6 Å². The number of nitrogens with one attached hydrogen (secondary N) is 1. The second kappa shape index (κ2) is 8.05. The van der Waals surface area contributed by atoms with Gasteiger partial charge in [-0.05, 0) is 37.1 Å². The molecule has 2 aliphatic rings. The number of rotatable bonds is 4. The molecule has 1 N–H and O–H groups in total. The van der Waals surface area contributed by atoms with Crippen molar-refractivity contribution in [2.45, 2.75) is 31.3 Å². The summed E-state index contributed by atoms with van der Waals surface area (Å²) in [5, 5.41) is 4.17. The first-order valence-corrected chi connectivity index (χ1v) is 9.90. The number of hydrogen-bond donors (Lipinski definition) is 1. The van der Waals surface area contributed by atoms with Crippen molar-refractivity contribution in [2.75, 3.05) is 29.4 Å². The Morgan fingerprint density at radius 2 is 1.75 bits per heavy atom. The molecular weight excluding hydrogens is 384 g/mol. The lowest BCUT2D eigenvalue weighted by Gasteiger charge is -2.35. The van der Waals surface area contributed by atoms with Crippen LogP contribution >= 0.6 is 11.6 Å². The van der Waals surface area contributed by atoms with E-state index in [1.807, 2.05) is 18.2 Å². The lowest BCUT2D eigenvalue weighted by Crippen LogP contribution is -2.47. The number of para-hydroxylation sites is 1. The lowest BCUT2D eigenvalue weighted by molar-refractivity contribution is -0.117. The quantitative estimate of drug-likeness (QED) is 0.835. The number of hydrogen-bond acceptors (Lipinski definition) is 3. The van der Waals surface area contributed by atoms with E-state index in [2.05, 4.69) is 10.2 Å². The van der Waals surface area contributed by atoms with Crippen LogP contribution in [0.3, 0.4) is 0 Å². The maximum absolute atomic E-state index is 13.5. The minimum atomic E-state index is -0.825. The number of anilines is 2. The highest BCUT2D eigenvalue weighted by Crippen LogP contribution is 2.29. The maximum atomic E-state index is 13.5. The molecule has 2 heterocycles. The van der Waals surface area contributed by atoms with Crippen LogP contribution in [0.1, 0.15) is 19.3 Å². The minimum Gasteiger partial charge on any atom is -0.371 e. The molecule has 1 unspecified atom stereocenters. The molecule has 4 nitrogen and oxygen atoms in total. The van der Waals surface area contributed by atoms with Gasteiger partial charge >= 0.3 is 0 Å². The molecule has 2 fully saturated rings. The van der Waals surface area contributed by atoms with Crippen LogP contribution in [0.2, 0.25) is 5.02 Å². The van der Waals surface area contributed by atoms with Gasteiger partial charge in [0, 0.05) is 49.9 Å². The van der Waals surface area contributed by atoms with Gasteiger partial charge in [0.1, 0.15) is 0 Å². The minimum absolute atomic E-state index is 0.0739. The summed E-state index contributed by atoms with van der Waals surface area (Å²) in [6, 6.07) is 11.8. The number of carbonyl (C=O) groups excluding carboxylic acids is 1. The third-order valence-electron chi connectivity index (χ3n) is 5.50. The molecule has 0 saturated carbocycles. The Kier molecular flexibility index (Phi) is 5.51. The largest absolute Gasteiger partial charge is 0.371 e. The Bertz CT molecular complexity index is 870. The number of halogens is 3. The molecule has 1 amide bonds. The van der Waals surface area contributed by atoms with Crippen LogP contribution in [0.4, 0.5) is 20.2 Å². The molecular formula is C21H22ClF2N3O. The van der Waals surface area contributed by atoms with Crippen LogP contribution in [-0.2, 0) is 4.79 Å². The average molecular weight is 406 g/mol. The second-order valence-corrected chi connectivity index (χ2v) is 7.79.